The number of benzene rings is 1. The first-order valence-electron chi connectivity index (χ1n) is 7.11. The van der Waals surface area contributed by atoms with Crippen molar-refractivity contribution in [2.24, 2.45) is 5.73 Å². The van der Waals surface area contributed by atoms with E-state index in [0.717, 1.165) is 5.69 Å². The first-order valence-corrected chi connectivity index (χ1v) is 7.49. The molecule has 0 bridgehead atoms. The molecule has 0 spiro atoms. The van der Waals surface area contributed by atoms with E-state index >= 15 is 0 Å². The molecule has 4 N–H and O–H groups in total. The molecule has 3 rings (SSSR count). The van der Waals surface area contributed by atoms with Crippen LogP contribution in [-0.4, -0.2) is 34.6 Å². The minimum atomic E-state index is -0.587. The van der Waals surface area contributed by atoms with Crippen LogP contribution in [0, 0.1) is 5.41 Å². The zero-order valence-corrected chi connectivity index (χ0v) is 13.0. The van der Waals surface area contributed by atoms with Crippen LogP contribution in [0.2, 0.25) is 5.02 Å². The summed E-state index contributed by atoms with van der Waals surface area (Å²) in [5, 5.41) is 16.1. The Kier molecular flexibility index (Phi) is 4.31. The molecule has 0 saturated carbocycles. The van der Waals surface area contributed by atoms with Gasteiger partial charge in [-0.25, -0.2) is 0 Å². The highest BCUT2D eigenvalue weighted by Crippen LogP contribution is 2.24. The van der Waals surface area contributed by atoms with E-state index < -0.39 is 5.91 Å². The summed E-state index contributed by atoms with van der Waals surface area (Å²) in [5.74, 6) is -0.242. The molecule has 1 aliphatic rings. The molecule has 120 valence electrons. The molecule has 1 atom stereocenters. The Balaban J connectivity index is 1.91. The Morgan fingerprint density at radius 1 is 1.43 bits per heavy atom. The lowest BCUT2D eigenvalue weighted by Gasteiger charge is -2.23. The van der Waals surface area contributed by atoms with E-state index in [-0.39, 0.29) is 11.6 Å². The maximum atomic E-state index is 11.7. The van der Waals surface area contributed by atoms with Crippen LogP contribution < -0.4 is 11.1 Å². The number of anilines is 2. The second-order valence-corrected chi connectivity index (χ2v) is 5.67. The van der Waals surface area contributed by atoms with E-state index in [2.05, 4.69) is 10.4 Å². The number of carbonyl (C=O) groups is 1. The standard InChI is InChI=1S/C15H16ClN5O2/c16-9-1-3-10(4-2-9)19-15-11(14(18)22)7-21(20-15)13-8-23-6-5-12(13)17/h1-4,7,13,17H,5-6,8H2,(H2,18,22)(H,19,20)/t13-/m0/s1. The van der Waals surface area contributed by atoms with Crippen LogP contribution in [0.4, 0.5) is 11.5 Å². The van der Waals surface area contributed by atoms with Gasteiger partial charge in [-0.15, -0.1) is 0 Å². The quantitative estimate of drug-likeness (QED) is 0.798. The maximum Gasteiger partial charge on any atom is 0.254 e. The van der Waals surface area contributed by atoms with E-state index in [1.165, 1.54) is 0 Å². The fraction of sp³-hybridized carbons (Fsp3) is 0.267. The predicted octanol–water partition coefficient (Wildman–Crippen LogP) is 2.36. The molecule has 1 aromatic carbocycles. The number of primary amides is 1. The van der Waals surface area contributed by atoms with Gasteiger partial charge in [0, 0.05) is 29.0 Å². The number of carbonyl (C=O) groups excluding carboxylic acids is 1. The van der Waals surface area contributed by atoms with Crippen molar-refractivity contribution in [3.63, 3.8) is 0 Å². The highest BCUT2D eigenvalue weighted by molar-refractivity contribution is 6.30. The molecule has 1 aromatic heterocycles. The normalized spacial score (nSPS) is 18.0. The molecule has 1 fully saturated rings. The molecule has 1 amide bonds. The largest absolute Gasteiger partial charge is 0.378 e. The van der Waals surface area contributed by atoms with Gasteiger partial charge < -0.3 is 21.2 Å². The summed E-state index contributed by atoms with van der Waals surface area (Å²) < 4.78 is 6.95. The number of nitrogens with one attached hydrogen (secondary N) is 2. The third kappa shape index (κ3) is 3.35. The summed E-state index contributed by atoms with van der Waals surface area (Å²) in [4.78, 5) is 11.7. The van der Waals surface area contributed by atoms with Gasteiger partial charge in [0.05, 0.1) is 13.2 Å². The van der Waals surface area contributed by atoms with Crippen molar-refractivity contribution in [3.8, 4) is 0 Å². The molecule has 0 radical (unpaired) electrons. The Labute approximate surface area is 137 Å². The van der Waals surface area contributed by atoms with Crippen molar-refractivity contribution in [2.45, 2.75) is 12.5 Å². The van der Waals surface area contributed by atoms with Crippen molar-refractivity contribution in [2.75, 3.05) is 18.5 Å². The van der Waals surface area contributed by atoms with Gasteiger partial charge in [0.2, 0.25) is 0 Å². The van der Waals surface area contributed by atoms with Gasteiger partial charge in [-0.1, -0.05) is 11.6 Å². The number of amides is 1. The Morgan fingerprint density at radius 3 is 2.83 bits per heavy atom. The van der Waals surface area contributed by atoms with Gasteiger partial charge in [0.15, 0.2) is 5.82 Å². The van der Waals surface area contributed by atoms with E-state index in [1.807, 2.05) is 0 Å². The van der Waals surface area contributed by atoms with Crippen LogP contribution in [0.1, 0.15) is 22.8 Å². The van der Waals surface area contributed by atoms with Crippen molar-refractivity contribution in [1.29, 1.82) is 5.41 Å². The van der Waals surface area contributed by atoms with Crippen LogP contribution >= 0.6 is 11.6 Å². The van der Waals surface area contributed by atoms with Gasteiger partial charge in [-0.3, -0.25) is 9.48 Å². The second-order valence-electron chi connectivity index (χ2n) is 5.23. The SMILES string of the molecule is N=C1CCOC[C@@H]1n1cc(C(N)=O)c(Nc2ccc(Cl)cc2)n1. The van der Waals surface area contributed by atoms with Crippen LogP contribution in [0.25, 0.3) is 0 Å². The number of hydrogen-bond acceptors (Lipinski definition) is 5. The van der Waals surface area contributed by atoms with E-state index in [9.17, 15) is 4.79 Å². The maximum absolute atomic E-state index is 11.7. The van der Waals surface area contributed by atoms with Crippen molar-refractivity contribution in [3.05, 3.63) is 41.0 Å². The molecule has 1 saturated heterocycles. The summed E-state index contributed by atoms with van der Waals surface area (Å²) in [6.45, 7) is 0.897. The predicted molar refractivity (Wildman–Crippen MR) is 87.7 cm³/mol. The van der Waals surface area contributed by atoms with Crippen LogP contribution in [-0.2, 0) is 4.74 Å². The molecule has 23 heavy (non-hydrogen) atoms. The Bertz CT molecular complexity index is 741. The molecule has 8 heteroatoms. The fourth-order valence-corrected chi connectivity index (χ4v) is 2.50. The number of halogens is 1. The van der Waals surface area contributed by atoms with E-state index in [0.29, 0.717) is 36.2 Å². The summed E-state index contributed by atoms with van der Waals surface area (Å²) in [7, 11) is 0. The van der Waals surface area contributed by atoms with Crippen LogP contribution in [0.5, 0.6) is 0 Å². The molecular formula is C15H16ClN5O2. The number of ether oxygens (including phenoxy) is 1. The molecule has 2 aromatic rings. The second kappa shape index (κ2) is 6.39. The number of nitrogens with two attached hydrogens (primary N) is 1. The van der Waals surface area contributed by atoms with Crippen molar-refractivity contribution in [1.82, 2.24) is 9.78 Å². The smallest absolute Gasteiger partial charge is 0.254 e. The first kappa shape index (κ1) is 15.5. The third-order valence-corrected chi connectivity index (χ3v) is 3.87. The molecule has 0 unspecified atom stereocenters. The van der Waals surface area contributed by atoms with Gasteiger partial charge in [-0.2, -0.15) is 5.10 Å². The lowest BCUT2D eigenvalue weighted by molar-refractivity contribution is 0.0996. The Morgan fingerprint density at radius 2 is 2.17 bits per heavy atom. The minimum Gasteiger partial charge on any atom is -0.378 e. The summed E-state index contributed by atoms with van der Waals surface area (Å²) in [5.41, 5.74) is 6.95. The summed E-state index contributed by atoms with van der Waals surface area (Å²) in [6.07, 6.45) is 2.10. The van der Waals surface area contributed by atoms with Crippen LogP contribution in [0.15, 0.2) is 30.5 Å². The van der Waals surface area contributed by atoms with Gasteiger partial charge in [-0.05, 0) is 24.3 Å². The molecule has 7 nitrogen and oxygen atoms in total. The average Bonchev–Trinajstić information content (AvgIpc) is 2.94. The highest BCUT2D eigenvalue weighted by Gasteiger charge is 2.25. The van der Waals surface area contributed by atoms with E-state index in [1.54, 1.807) is 35.1 Å². The molecular weight excluding hydrogens is 318 g/mol. The fourth-order valence-electron chi connectivity index (χ4n) is 2.37. The number of rotatable bonds is 4. The van der Waals surface area contributed by atoms with Crippen molar-refractivity contribution >= 4 is 34.7 Å². The first-order chi connectivity index (χ1) is 11.0. The topological polar surface area (TPSA) is 106 Å². The number of hydrogen-bond donors (Lipinski definition) is 3. The lowest BCUT2D eigenvalue weighted by atomic mass is 10.1. The number of aromatic nitrogens is 2. The van der Waals surface area contributed by atoms with Gasteiger partial charge in [0.25, 0.3) is 5.91 Å². The minimum absolute atomic E-state index is 0.262. The summed E-state index contributed by atoms with van der Waals surface area (Å²) >= 11 is 5.86. The van der Waals surface area contributed by atoms with Crippen molar-refractivity contribution < 1.29 is 9.53 Å². The number of nitrogens with zero attached hydrogens (tertiary/aromatic N) is 2. The molecule has 1 aliphatic heterocycles. The Hall–Kier alpha value is -2.38. The lowest BCUT2D eigenvalue weighted by Crippen LogP contribution is -2.30. The van der Waals surface area contributed by atoms with Gasteiger partial charge >= 0.3 is 0 Å². The van der Waals surface area contributed by atoms with Gasteiger partial charge in [0.1, 0.15) is 11.6 Å². The average molecular weight is 334 g/mol. The zero-order chi connectivity index (χ0) is 16.4. The molecule has 2 heterocycles. The zero-order valence-electron chi connectivity index (χ0n) is 12.3. The monoisotopic (exact) mass is 333 g/mol. The van der Waals surface area contributed by atoms with Crippen LogP contribution in [0.3, 0.4) is 0 Å². The third-order valence-electron chi connectivity index (χ3n) is 3.62. The molecule has 0 aliphatic carbocycles. The highest BCUT2D eigenvalue weighted by atomic mass is 35.5. The van der Waals surface area contributed by atoms with E-state index in [4.69, 9.17) is 27.5 Å². The summed E-state index contributed by atoms with van der Waals surface area (Å²) in [6, 6.07) is 6.70.